The Morgan fingerprint density at radius 2 is 2.13 bits per heavy atom. The van der Waals surface area contributed by atoms with Crippen molar-refractivity contribution in [3.8, 4) is 0 Å². The van der Waals surface area contributed by atoms with E-state index in [0.29, 0.717) is 6.61 Å². The van der Waals surface area contributed by atoms with Gasteiger partial charge in [-0.15, -0.1) is 0 Å². The normalized spacial score (nSPS) is 30.6. The van der Waals surface area contributed by atoms with Gasteiger partial charge in [-0.25, -0.2) is 0 Å². The largest absolute Gasteiger partial charge is 0.395 e. The van der Waals surface area contributed by atoms with Gasteiger partial charge in [-0.1, -0.05) is 0 Å². The first-order valence-corrected chi connectivity index (χ1v) is 6.03. The van der Waals surface area contributed by atoms with E-state index >= 15 is 0 Å². The third-order valence-corrected chi connectivity index (χ3v) is 3.51. The van der Waals surface area contributed by atoms with Crippen LogP contribution in [0, 0.1) is 5.92 Å². The number of aliphatic hydroxyl groups is 1. The van der Waals surface area contributed by atoms with Gasteiger partial charge >= 0.3 is 0 Å². The summed E-state index contributed by atoms with van der Waals surface area (Å²) in [6.07, 6.45) is 2.55. The molecule has 0 unspecified atom stereocenters. The van der Waals surface area contributed by atoms with E-state index in [9.17, 15) is 5.11 Å². The Bertz CT molecular complexity index is 183. The molecule has 0 aliphatic carbocycles. The van der Waals surface area contributed by atoms with E-state index in [4.69, 9.17) is 4.74 Å². The van der Waals surface area contributed by atoms with Crippen molar-refractivity contribution >= 4 is 0 Å². The van der Waals surface area contributed by atoms with Crippen LogP contribution in [0.25, 0.3) is 0 Å². The van der Waals surface area contributed by atoms with Crippen LogP contribution < -0.4 is 5.32 Å². The zero-order valence-electron chi connectivity index (χ0n) is 9.32. The summed E-state index contributed by atoms with van der Waals surface area (Å²) in [5.74, 6) is 0.804. The minimum absolute atomic E-state index is 0.227. The van der Waals surface area contributed by atoms with Crippen molar-refractivity contribution in [2.45, 2.75) is 18.9 Å². The molecule has 0 aromatic heterocycles. The summed E-state index contributed by atoms with van der Waals surface area (Å²) in [6, 6.07) is 0.230. The number of morpholine rings is 1. The third-order valence-electron chi connectivity index (χ3n) is 3.51. The zero-order chi connectivity index (χ0) is 10.5. The highest BCUT2D eigenvalue weighted by Crippen LogP contribution is 2.16. The van der Waals surface area contributed by atoms with Gasteiger partial charge in [0.1, 0.15) is 0 Å². The van der Waals surface area contributed by atoms with Gasteiger partial charge in [-0.3, -0.25) is 4.90 Å². The van der Waals surface area contributed by atoms with E-state index in [2.05, 4.69) is 10.2 Å². The second-order valence-electron chi connectivity index (χ2n) is 4.60. The van der Waals surface area contributed by atoms with Crippen molar-refractivity contribution < 1.29 is 9.84 Å². The third kappa shape index (κ3) is 3.14. The number of ether oxygens (including phenoxy) is 1. The standard InChI is InChI=1S/C11H22N2O2/c14-8-11-9-15-6-5-13(11)7-10-1-3-12-4-2-10/h10-12,14H,1-9H2/t11-/m0/s1. The van der Waals surface area contributed by atoms with Gasteiger partial charge in [0.15, 0.2) is 0 Å². The van der Waals surface area contributed by atoms with Crippen LogP contribution in [0.1, 0.15) is 12.8 Å². The summed E-state index contributed by atoms with van der Waals surface area (Å²) in [5, 5.41) is 12.6. The van der Waals surface area contributed by atoms with Gasteiger partial charge in [-0.05, 0) is 31.8 Å². The predicted octanol–water partition coefficient (Wildman–Crippen LogP) is -0.321. The number of nitrogens with one attached hydrogen (secondary N) is 1. The van der Waals surface area contributed by atoms with E-state index in [1.165, 1.54) is 12.8 Å². The van der Waals surface area contributed by atoms with Gasteiger partial charge in [0.05, 0.1) is 25.9 Å². The Balaban J connectivity index is 1.79. The average Bonchev–Trinajstić information content (AvgIpc) is 2.31. The van der Waals surface area contributed by atoms with Crippen molar-refractivity contribution in [1.29, 1.82) is 0 Å². The molecule has 2 heterocycles. The molecule has 0 bridgehead atoms. The molecular formula is C11H22N2O2. The zero-order valence-corrected chi connectivity index (χ0v) is 9.32. The van der Waals surface area contributed by atoms with Crippen LogP contribution in [0.3, 0.4) is 0 Å². The quantitative estimate of drug-likeness (QED) is 0.676. The molecule has 15 heavy (non-hydrogen) atoms. The second kappa shape index (κ2) is 5.80. The SMILES string of the molecule is OC[C@H]1COCCN1CC1CCNCC1. The molecule has 2 aliphatic rings. The molecule has 2 N–H and O–H groups in total. The van der Waals surface area contributed by atoms with Gasteiger partial charge in [0.2, 0.25) is 0 Å². The Kier molecular flexibility index (Phi) is 4.38. The molecule has 88 valence electrons. The molecule has 0 saturated carbocycles. The van der Waals surface area contributed by atoms with Gasteiger partial charge in [0.25, 0.3) is 0 Å². The molecular weight excluding hydrogens is 192 g/mol. The first-order chi connectivity index (χ1) is 7.40. The fraction of sp³-hybridized carbons (Fsp3) is 1.00. The van der Waals surface area contributed by atoms with E-state index in [1.807, 2.05) is 0 Å². The maximum Gasteiger partial charge on any atom is 0.0644 e. The Labute approximate surface area is 91.6 Å². The topological polar surface area (TPSA) is 44.7 Å². The molecule has 2 fully saturated rings. The highest BCUT2D eigenvalue weighted by Gasteiger charge is 2.25. The van der Waals surface area contributed by atoms with E-state index < -0.39 is 0 Å². The maximum absolute atomic E-state index is 9.26. The number of piperidine rings is 1. The Morgan fingerprint density at radius 3 is 2.87 bits per heavy atom. The van der Waals surface area contributed by atoms with Crippen LogP contribution >= 0.6 is 0 Å². The lowest BCUT2D eigenvalue weighted by Crippen LogP contribution is -2.50. The second-order valence-corrected chi connectivity index (χ2v) is 4.60. The summed E-state index contributed by atoms with van der Waals surface area (Å²) < 4.78 is 5.38. The number of hydrogen-bond acceptors (Lipinski definition) is 4. The van der Waals surface area contributed by atoms with Crippen LogP contribution in [0.2, 0.25) is 0 Å². The van der Waals surface area contributed by atoms with Crippen LogP contribution in [0.5, 0.6) is 0 Å². The summed E-state index contributed by atoms with van der Waals surface area (Å²) in [7, 11) is 0. The molecule has 0 amide bonds. The van der Waals surface area contributed by atoms with Gasteiger partial charge < -0.3 is 15.2 Å². The first-order valence-electron chi connectivity index (χ1n) is 6.03. The summed E-state index contributed by atoms with van der Waals surface area (Å²) in [4.78, 5) is 2.40. The van der Waals surface area contributed by atoms with Crippen molar-refractivity contribution in [2.24, 2.45) is 5.92 Å². The lowest BCUT2D eigenvalue weighted by atomic mass is 9.97. The fourth-order valence-corrected chi connectivity index (χ4v) is 2.49. The molecule has 0 aromatic rings. The number of rotatable bonds is 3. The van der Waals surface area contributed by atoms with Crippen molar-refractivity contribution in [2.75, 3.05) is 46.0 Å². The lowest BCUT2D eigenvalue weighted by molar-refractivity contribution is -0.0349. The molecule has 2 rings (SSSR count). The van der Waals surface area contributed by atoms with E-state index in [-0.39, 0.29) is 12.6 Å². The van der Waals surface area contributed by atoms with Crippen molar-refractivity contribution in [3.05, 3.63) is 0 Å². The molecule has 4 heteroatoms. The Hall–Kier alpha value is -0.160. The molecule has 2 saturated heterocycles. The number of aliphatic hydroxyl groups excluding tert-OH is 1. The summed E-state index contributed by atoms with van der Waals surface area (Å²) in [6.45, 7) is 6.16. The van der Waals surface area contributed by atoms with Crippen LogP contribution in [-0.4, -0.2) is 62.0 Å². The molecule has 1 atom stereocenters. The monoisotopic (exact) mass is 214 g/mol. The molecule has 0 radical (unpaired) electrons. The summed E-state index contributed by atoms with van der Waals surface area (Å²) >= 11 is 0. The smallest absolute Gasteiger partial charge is 0.0644 e. The van der Waals surface area contributed by atoms with Crippen LogP contribution in [0.4, 0.5) is 0 Å². The molecule has 0 spiro atoms. The lowest BCUT2D eigenvalue weighted by Gasteiger charge is -2.37. The first kappa shape index (κ1) is 11.3. The van der Waals surface area contributed by atoms with E-state index in [0.717, 1.165) is 38.7 Å². The van der Waals surface area contributed by atoms with Crippen LogP contribution in [-0.2, 0) is 4.74 Å². The highest BCUT2D eigenvalue weighted by atomic mass is 16.5. The predicted molar refractivity (Wildman–Crippen MR) is 58.9 cm³/mol. The Morgan fingerprint density at radius 1 is 1.33 bits per heavy atom. The molecule has 4 nitrogen and oxygen atoms in total. The van der Waals surface area contributed by atoms with E-state index in [1.54, 1.807) is 0 Å². The summed E-state index contributed by atoms with van der Waals surface area (Å²) in [5.41, 5.74) is 0. The molecule has 0 aromatic carbocycles. The highest BCUT2D eigenvalue weighted by molar-refractivity contribution is 4.79. The average molecular weight is 214 g/mol. The van der Waals surface area contributed by atoms with Crippen molar-refractivity contribution in [1.82, 2.24) is 10.2 Å². The van der Waals surface area contributed by atoms with Crippen molar-refractivity contribution in [3.63, 3.8) is 0 Å². The van der Waals surface area contributed by atoms with Gasteiger partial charge in [0, 0.05) is 13.1 Å². The van der Waals surface area contributed by atoms with Crippen LogP contribution in [0.15, 0.2) is 0 Å². The fourth-order valence-electron chi connectivity index (χ4n) is 2.49. The number of nitrogens with zero attached hydrogens (tertiary/aromatic N) is 1. The molecule has 2 aliphatic heterocycles. The maximum atomic E-state index is 9.26. The van der Waals surface area contributed by atoms with Gasteiger partial charge in [-0.2, -0.15) is 0 Å². The number of hydrogen-bond donors (Lipinski definition) is 2. The minimum Gasteiger partial charge on any atom is -0.395 e. The minimum atomic E-state index is 0.227.